The lowest BCUT2D eigenvalue weighted by molar-refractivity contribution is -0.137. The van der Waals surface area contributed by atoms with Gasteiger partial charge < -0.3 is 25.8 Å². The summed E-state index contributed by atoms with van der Waals surface area (Å²) in [6.45, 7) is -0.363. The first kappa shape index (κ1) is 17.2. The summed E-state index contributed by atoms with van der Waals surface area (Å²) in [4.78, 5) is 34.1. The fourth-order valence-electron chi connectivity index (χ4n) is 2.28. The quantitative estimate of drug-likeness (QED) is 0.541. The molecule has 0 aliphatic heterocycles. The van der Waals surface area contributed by atoms with Crippen molar-refractivity contribution >= 4 is 17.9 Å². The molecule has 0 atom stereocenters. The molecule has 0 aromatic heterocycles. The summed E-state index contributed by atoms with van der Waals surface area (Å²) in [6.07, 6.45) is 5.91. The van der Waals surface area contributed by atoms with Crippen LogP contribution in [0.1, 0.15) is 32.1 Å². The third kappa shape index (κ3) is 7.50. The zero-order valence-corrected chi connectivity index (χ0v) is 12.0. The van der Waals surface area contributed by atoms with Gasteiger partial charge in [0.05, 0.1) is 12.7 Å². The van der Waals surface area contributed by atoms with E-state index in [1.54, 1.807) is 0 Å². The summed E-state index contributed by atoms with van der Waals surface area (Å²) < 4.78 is 5.63. The molecule has 0 bridgehead atoms. The van der Waals surface area contributed by atoms with Gasteiger partial charge in [-0.3, -0.25) is 9.59 Å². The van der Waals surface area contributed by atoms with E-state index in [1.807, 2.05) is 0 Å². The van der Waals surface area contributed by atoms with E-state index in [9.17, 15) is 14.4 Å². The van der Waals surface area contributed by atoms with Crippen LogP contribution in [0.3, 0.4) is 0 Å². The molecule has 120 valence electrons. The zero-order chi connectivity index (χ0) is 15.7. The molecule has 1 rings (SSSR count). The molecular weight excluding hydrogens is 278 g/mol. The van der Waals surface area contributed by atoms with Crippen molar-refractivity contribution in [2.24, 2.45) is 5.73 Å². The van der Waals surface area contributed by atoms with Crippen molar-refractivity contribution in [3.8, 4) is 0 Å². The lowest BCUT2D eigenvalue weighted by atomic mass is 9.98. The first-order valence-corrected chi connectivity index (χ1v) is 7.13. The highest BCUT2D eigenvalue weighted by Crippen LogP contribution is 2.19. The Morgan fingerprint density at radius 1 is 1.19 bits per heavy atom. The third-order valence-corrected chi connectivity index (χ3v) is 3.24. The smallest absolute Gasteiger partial charge is 0.323 e. The molecule has 21 heavy (non-hydrogen) atoms. The molecule has 4 N–H and O–H groups in total. The highest BCUT2D eigenvalue weighted by molar-refractivity contribution is 5.85. The van der Waals surface area contributed by atoms with Crippen LogP contribution in [0.15, 0.2) is 0 Å². The maximum Gasteiger partial charge on any atom is 0.323 e. The van der Waals surface area contributed by atoms with E-state index in [-0.39, 0.29) is 12.6 Å². The van der Waals surface area contributed by atoms with Crippen LogP contribution in [0.5, 0.6) is 0 Å². The minimum absolute atomic E-state index is 0.247. The van der Waals surface area contributed by atoms with Crippen molar-refractivity contribution in [1.82, 2.24) is 10.2 Å². The van der Waals surface area contributed by atoms with Crippen LogP contribution in [-0.2, 0) is 14.3 Å². The van der Waals surface area contributed by atoms with Crippen LogP contribution < -0.4 is 11.1 Å². The van der Waals surface area contributed by atoms with Gasteiger partial charge in [0.2, 0.25) is 5.91 Å². The molecule has 0 spiro atoms. The van der Waals surface area contributed by atoms with Crippen LogP contribution in [0, 0.1) is 0 Å². The molecule has 0 saturated heterocycles. The van der Waals surface area contributed by atoms with Gasteiger partial charge in [-0.25, -0.2) is 4.79 Å². The number of nitrogens with zero attached hydrogens (tertiary/aromatic N) is 1. The maximum absolute atomic E-state index is 11.8. The monoisotopic (exact) mass is 301 g/mol. The van der Waals surface area contributed by atoms with Crippen molar-refractivity contribution in [2.75, 3.05) is 26.2 Å². The molecule has 1 fully saturated rings. The summed E-state index contributed by atoms with van der Waals surface area (Å²) in [5.41, 5.74) is 4.98. The minimum atomic E-state index is -1.20. The van der Waals surface area contributed by atoms with Gasteiger partial charge in [0, 0.05) is 6.54 Å². The van der Waals surface area contributed by atoms with Gasteiger partial charge in [-0.15, -0.1) is 0 Å². The SMILES string of the molecule is NC(=O)CN(CC(=O)O)C(=O)NCCOC1CCCCC1. The molecule has 0 unspecified atom stereocenters. The van der Waals surface area contributed by atoms with E-state index < -0.39 is 31.0 Å². The predicted octanol–water partition coefficient (Wildman–Crippen LogP) is -0.0828. The number of nitrogens with two attached hydrogens (primary N) is 1. The summed E-state index contributed by atoms with van der Waals surface area (Å²) in [7, 11) is 0. The number of carboxylic acid groups (broad SMARTS) is 1. The second-order valence-electron chi connectivity index (χ2n) is 5.08. The maximum atomic E-state index is 11.8. The fourth-order valence-corrected chi connectivity index (χ4v) is 2.28. The van der Waals surface area contributed by atoms with Gasteiger partial charge in [0.1, 0.15) is 13.1 Å². The predicted molar refractivity (Wildman–Crippen MR) is 74.6 cm³/mol. The second-order valence-corrected chi connectivity index (χ2v) is 5.08. The molecule has 1 aliphatic rings. The normalized spacial score (nSPS) is 15.4. The number of ether oxygens (including phenoxy) is 1. The topological polar surface area (TPSA) is 122 Å². The number of carbonyl (C=O) groups excluding carboxylic acids is 2. The molecule has 0 aromatic carbocycles. The molecule has 1 saturated carbocycles. The zero-order valence-electron chi connectivity index (χ0n) is 12.0. The number of urea groups is 1. The van der Waals surface area contributed by atoms with Crippen molar-refractivity contribution in [2.45, 2.75) is 38.2 Å². The van der Waals surface area contributed by atoms with Crippen LogP contribution in [0.25, 0.3) is 0 Å². The highest BCUT2D eigenvalue weighted by Gasteiger charge is 2.18. The van der Waals surface area contributed by atoms with Gasteiger partial charge in [0.25, 0.3) is 0 Å². The number of hydrogen-bond acceptors (Lipinski definition) is 4. The van der Waals surface area contributed by atoms with Crippen LogP contribution in [0.4, 0.5) is 4.79 Å². The van der Waals surface area contributed by atoms with Gasteiger partial charge in [-0.1, -0.05) is 19.3 Å². The summed E-state index contributed by atoms with van der Waals surface area (Å²) in [5, 5.41) is 11.2. The van der Waals surface area contributed by atoms with Gasteiger partial charge in [-0.05, 0) is 12.8 Å². The number of hydrogen-bond donors (Lipinski definition) is 3. The Labute approximate surface area is 123 Å². The molecule has 0 radical (unpaired) electrons. The lowest BCUT2D eigenvalue weighted by Crippen LogP contribution is -2.47. The van der Waals surface area contributed by atoms with E-state index in [4.69, 9.17) is 15.6 Å². The molecule has 0 heterocycles. The van der Waals surface area contributed by atoms with Crippen LogP contribution in [0.2, 0.25) is 0 Å². The number of nitrogens with one attached hydrogen (secondary N) is 1. The first-order valence-electron chi connectivity index (χ1n) is 7.13. The average Bonchev–Trinajstić information content (AvgIpc) is 2.43. The molecule has 0 aromatic rings. The van der Waals surface area contributed by atoms with E-state index in [0.717, 1.165) is 17.7 Å². The average molecular weight is 301 g/mol. The second kappa shape index (κ2) is 9.17. The Balaban J connectivity index is 2.25. The van der Waals surface area contributed by atoms with Gasteiger partial charge in [0.15, 0.2) is 0 Å². The number of carboxylic acids is 1. The Bertz CT molecular complexity index is 353. The van der Waals surface area contributed by atoms with Crippen molar-refractivity contribution in [3.63, 3.8) is 0 Å². The standard InChI is InChI=1S/C13H23N3O5/c14-11(17)8-16(9-12(18)19)13(20)15-6-7-21-10-4-2-1-3-5-10/h10H,1-9H2,(H2,14,17)(H,15,20)(H,18,19). The summed E-state index contributed by atoms with van der Waals surface area (Å²) in [5.74, 6) is -1.96. The number of carbonyl (C=O) groups is 3. The Morgan fingerprint density at radius 2 is 1.86 bits per heavy atom. The van der Waals surface area contributed by atoms with E-state index in [0.29, 0.717) is 6.61 Å². The Morgan fingerprint density at radius 3 is 2.43 bits per heavy atom. The van der Waals surface area contributed by atoms with Crippen molar-refractivity contribution in [3.05, 3.63) is 0 Å². The van der Waals surface area contributed by atoms with Crippen LogP contribution in [-0.4, -0.2) is 60.3 Å². The van der Waals surface area contributed by atoms with E-state index in [1.165, 1.54) is 19.3 Å². The largest absolute Gasteiger partial charge is 0.480 e. The Hall–Kier alpha value is -1.83. The first-order chi connectivity index (χ1) is 9.99. The van der Waals surface area contributed by atoms with Gasteiger partial charge >= 0.3 is 12.0 Å². The number of aliphatic carboxylic acids is 1. The van der Waals surface area contributed by atoms with E-state index in [2.05, 4.69) is 5.32 Å². The fraction of sp³-hybridized carbons (Fsp3) is 0.769. The molecule has 8 nitrogen and oxygen atoms in total. The van der Waals surface area contributed by atoms with Crippen LogP contribution >= 0.6 is 0 Å². The van der Waals surface area contributed by atoms with E-state index >= 15 is 0 Å². The molecular formula is C13H23N3O5. The number of rotatable bonds is 8. The molecule has 8 heteroatoms. The number of amides is 3. The highest BCUT2D eigenvalue weighted by atomic mass is 16.5. The number of primary amides is 1. The summed E-state index contributed by atoms with van der Waals surface area (Å²) in [6, 6.07) is -0.636. The Kier molecular flexibility index (Phi) is 7.52. The van der Waals surface area contributed by atoms with Crippen molar-refractivity contribution in [1.29, 1.82) is 0 Å². The van der Waals surface area contributed by atoms with Gasteiger partial charge in [-0.2, -0.15) is 0 Å². The minimum Gasteiger partial charge on any atom is -0.480 e. The van der Waals surface area contributed by atoms with Crippen molar-refractivity contribution < 1.29 is 24.2 Å². The summed E-state index contributed by atoms with van der Waals surface area (Å²) >= 11 is 0. The third-order valence-electron chi connectivity index (χ3n) is 3.24. The molecule has 1 aliphatic carbocycles. The lowest BCUT2D eigenvalue weighted by Gasteiger charge is -2.23. The molecule has 3 amide bonds.